The first-order valence-electron chi connectivity index (χ1n) is 10.7. The Morgan fingerprint density at radius 2 is 1.76 bits per heavy atom. The van der Waals surface area contributed by atoms with Crippen molar-refractivity contribution >= 4 is 22.8 Å². The molecule has 0 radical (unpaired) electrons. The number of benzene rings is 1. The first-order valence-corrected chi connectivity index (χ1v) is 10.7. The number of aromatic nitrogens is 1. The first kappa shape index (κ1) is 22.9. The molecular formula is C27H26N2O5. The molecule has 174 valence electrons. The number of fused-ring (bicyclic) bond motifs is 1. The summed E-state index contributed by atoms with van der Waals surface area (Å²) < 4.78 is 15.9. The van der Waals surface area contributed by atoms with Gasteiger partial charge in [0.25, 0.3) is 5.78 Å². The molecule has 7 nitrogen and oxygen atoms in total. The fourth-order valence-corrected chi connectivity index (χ4v) is 4.02. The average molecular weight is 459 g/mol. The Labute approximate surface area is 198 Å². The van der Waals surface area contributed by atoms with Crippen molar-refractivity contribution in [3.63, 3.8) is 0 Å². The van der Waals surface area contributed by atoms with Gasteiger partial charge in [0.15, 0.2) is 11.5 Å². The van der Waals surface area contributed by atoms with Crippen LogP contribution in [0.5, 0.6) is 5.75 Å². The molecule has 0 fully saturated rings. The second-order valence-corrected chi connectivity index (χ2v) is 7.82. The number of nitrogens with one attached hydrogen (secondary N) is 2. The van der Waals surface area contributed by atoms with Crippen molar-refractivity contribution in [2.45, 2.75) is 13.5 Å². The lowest BCUT2D eigenvalue weighted by molar-refractivity contribution is -0.118. The summed E-state index contributed by atoms with van der Waals surface area (Å²) in [5, 5.41) is 2.91. The molecule has 0 saturated carbocycles. The van der Waals surface area contributed by atoms with E-state index in [4.69, 9.17) is 14.2 Å². The Morgan fingerprint density at radius 1 is 1.03 bits per heavy atom. The summed E-state index contributed by atoms with van der Waals surface area (Å²) in [5.41, 5.74) is 6.21. The van der Waals surface area contributed by atoms with Gasteiger partial charge in [0.2, 0.25) is 5.91 Å². The van der Waals surface area contributed by atoms with Crippen molar-refractivity contribution < 1.29 is 23.8 Å². The Bertz CT molecular complexity index is 1260. The zero-order valence-corrected chi connectivity index (χ0v) is 19.5. The van der Waals surface area contributed by atoms with E-state index >= 15 is 0 Å². The third-order valence-corrected chi connectivity index (χ3v) is 5.80. The number of rotatable bonds is 7. The topological polar surface area (TPSA) is 89.7 Å². The Kier molecular flexibility index (Phi) is 6.54. The summed E-state index contributed by atoms with van der Waals surface area (Å²) in [7, 11) is 4.52. The van der Waals surface area contributed by atoms with Gasteiger partial charge in [0.1, 0.15) is 5.75 Å². The lowest BCUT2D eigenvalue weighted by atomic mass is 9.99. The Morgan fingerprint density at radius 3 is 2.38 bits per heavy atom. The molecule has 4 rings (SSSR count). The molecular weight excluding hydrogens is 432 g/mol. The number of H-pyrrole nitrogens is 1. The second-order valence-electron chi connectivity index (χ2n) is 7.82. The number of amides is 1. The van der Waals surface area contributed by atoms with Crippen molar-refractivity contribution in [3.8, 4) is 5.75 Å². The van der Waals surface area contributed by atoms with E-state index in [1.54, 1.807) is 25.3 Å². The van der Waals surface area contributed by atoms with Gasteiger partial charge >= 0.3 is 0 Å². The number of Topliss-reactive ketones (excluding diaryl/α,β-unsaturated/α-hetero) is 1. The minimum Gasteiger partial charge on any atom is -0.497 e. The molecule has 2 aliphatic carbocycles. The Balaban J connectivity index is 1.75. The van der Waals surface area contributed by atoms with Gasteiger partial charge in [-0.05, 0) is 82.8 Å². The molecule has 0 aliphatic heterocycles. The molecule has 0 spiro atoms. The minimum absolute atomic E-state index is 0.196. The summed E-state index contributed by atoms with van der Waals surface area (Å²) in [6.45, 7) is 2.38. The van der Waals surface area contributed by atoms with Gasteiger partial charge in [0, 0.05) is 18.0 Å². The maximum atomic E-state index is 12.7. The van der Waals surface area contributed by atoms with Gasteiger partial charge < -0.3 is 24.5 Å². The normalized spacial score (nSPS) is 16.2. The van der Waals surface area contributed by atoms with Gasteiger partial charge in [-0.3, -0.25) is 9.59 Å². The number of ketones is 1. The van der Waals surface area contributed by atoms with E-state index in [1.807, 2.05) is 49.5 Å². The van der Waals surface area contributed by atoms with Crippen molar-refractivity contribution in [3.05, 3.63) is 100 Å². The highest BCUT2D eigenvalue weighted by Crippen LogP contribution is 2.44. The molecule has 0 saturated heterocycles. The molecule has 2 N–H and O–H groups in total. The van der Waals surface area contributed by atoms with E-state index in [0.717, 1.165) is 39.1 Å². The van der Waals surface area contributed by atoms with Gasteiger partial charge in [-0.25, -0.2) is 0 Å². The number of methoxy groups -OCH3 is 3. The predicted octanol–water partition coefficient (Wildman–Crippen LogP) is 4.08. The molecule has 1 amide bonds. The second kappa shape index (κ2) is 9.70. The molecule has 0 unspecified atom stereocenters. The van der Waals surface area contributed by atoms with Crippen LogP contribution in [0.15, 0.2) is 83.5 Å². The molecule has 0 bridgehead atoms. The molecule has 7 heteroatoms. The van der Waals surface area contributed by atoms with Crippen LogP contribution in [0.1, 0.15) is 23.7 Å². The third-order valence-electron chi connectivity index (χ3n) is 5.80. The van der Waals surface area contributed by atoms with Gasteiger partial charge in [-0.1, -0.05) is 6.07 Å². The molecule has 1 aromatic heterocycles. The van der Waals surface area contributed by atoms with Crippen molar-refractivity contribution in [2.75, 3.05) is 21.3 Å². The van der Waals surface area contributed by atoms with Crippen LogP contribution in [0.2, 0.25) is 0 Å². The lowest BCUT2D eigenvalue weighted by Crippen LogP contribution is -2.20. The largest absolute Gasteiger partial charge is 0.497 e. The summed E-state index contributed by atoms with van der Waals surface area (Å²) in [4.78, 5) is 28.1. The van der Waals surface area contributed by atoms with E-state index in [9.17, 15) is 9.59 Å². The molecule has 0 atom stereocenters. The molecule has 1 aromatic carbocycles. The maximum absolute atomic E-state index is 12.7. The zero-order valence-electron chi connectivity index (χ0n) is 19.5. The van der Waals surface area contributed by atoms with Crippen molar-refractivity contribution in [1.29, 1.82) is 0 Å². The SMILES string of the molecule is COC1=CC(=CC2=C(C)/C(=C\C(=O)NCc3ccc[nH]3)c3cc(OC)ccc32)C=C(OC)C1=O. The molecule has 1 heterocycles. The van der Waals surface area contributed by atoms with Gasteiger partial charge in [0.05, 0.1) is 27.9 Å². The van der Waals surface area contributed by atoms with Crippen LogP contribution in [0, 0.1) is 0 Å². The molecule has 2 aliphatic rings. The number of hydrogen-bond donors (Lipinski definition) is 2. The highest BCUT2D eigenvalue weighted by Gasteiger charge is 2.26. The number of ether oxygens (including phenoxy) is 3. The third kappa shape index (κ3) is 4.45. The van der Waals surface area contributed by atoms with E-state index < -0.39 is 0 Å². The quantitative estimate of drug-likeness (QED) is 0.611. The smallest absolute Gasteiger partial charge is 0.261 e. The predicted molar refractivity (Wildman–Crippen MR) is 129 cm³/mol. The number of carbonyl (C=O) groups is 2. The highest BCUT2D eigenvalue weighted by molar-refractivity contribution is 6.10. The highest BCUT2D eigenvalue weighted by atomic mass is 16.5. The van der Waals surface area contributed by atoms with Crippen LogP contribution in [0.4, 0.5) is 0 Å². The van der Waals surface area contributed by atoms with Crippen LogP contribution < -0.4 is 10.1 Å². The van der Waals surface area contributed by atoms with Crippen molar-refractivity contribution in [1.82, 2.24) is 10.3 Å². The van der Waals surface area contributed by atoms with E-state index in [2.05, 4.69) is 10.3 Å². The Hall–Kier alpha value is -4.26. The molecule has 34 heavy (non-hydrogen) atoms. The summed E-state index contributed by atoms with van der Waals surface area (Å²) in [5.74, 6) is 0.610. The first-order chi connectivity index (χ1) is 16.4. The van der Waals surface area contributed by atoms with Crippen LogP contribution in [0.3, 0.4) is 0 Å². The number of hydrogen-bond acceptors (Lipinski definition) is 5. The summed E-state index contributed by atoms with van der Waals surface area (Å²) >= 11 is 0. The summed E-state index contributed by atoms with van der Waals surface area (Å²) in [6.07, 6.45) is 8.75. The monoisotopic (exact) mass is 458 g/mol. The van der Waals surface area contributed by atoms with Gasteiger partial charge in [-0.15, -0.1) is 0 Å². The fraction of sp³-hybridized carbons (Fsp3) is 0.185. The van der Waals surface area contributed by atoms with Crippen LogP contribution in [0.25, 0.3) is 11.1 Å². The fourth-order valence-electron chi connectivity index (χ4n) is 4.02. The van der Waals surface area contributed by atoms with Gasteiger partial charge in [-0.2, -0.15) is 0 Å². The number of allylic oxidation sites excluding steroid dienone is 7. The average Bonchev–Trinajstić information content (AvgIpc) is 3.46. The summed E-state index contributed by atoms with van der Waals surface area (Å²) in [6, 6.07) is 9.58. The molecule has 2 aromatic rings. The van der Waals surface area contributed by atoms with Crippen LogP contribution in [-0.2, 0) is 25.6 Å². The zero-order chi connectivity index (χ0) is 24.2. The minimum atomic E-state index is -0.302. The van der Waals surface area contributed by atoms with E-state index in [0.29, 0.717) is 12.3 Å². The standard InChI is InChI=1S/C27H26N2O5/c1-16-21(10-17-11-24(33-3)27(31)25(12-17)34-4)20-8-7-19(32-2)13-23(20)22(16)14-26(30)29-15-18-6-5-9-28-18/h5-14,28H,15H2,1-4H3,(H,29,30)/b22-14+. The van der Waals surface area contributed by atoms with E-state index in [-0.39, 0.29) is 23.2 Å². The maximum Gasteiger partial charge on any atom is 0.261 e. The number of carbonyl (C=O) groups excluding carboxylic acids is 2. The van der Waals surface area contributed by atoms with Crippen LogP contribution >= 0.6 is 0 Å². The lowest BCUT2D eigenvalue weighted by Gasteiger charge is -2.14. The van der Waals surface area contributed by atoms with Crippen LogP contribution in [-0.4, -0.2) is 38.0 Å². The number of aromatic amines is 1. The van der Waals surface area contributed by atoms with Crippen molar-refractivity contribution in [2.24, 2.45) is 0 Å². The van der Waals surface area contributed by atoms with E-state index in [1.165, 1.54) is 14.2 Å².